The van der Waals surface area contributed by atoms with Crippen molar-refractivity contribution < 1.29 is 4.74 Å². The Morgan fingerprint density at radius 1 is 1.00 bits per heavy atom. The van der Waals surface area contributed by atoms with Crippen LogP contribution in [0.15, 0.2) is 0 Å². The van der Waals surface area contributed by atoms with Gasteiger partial charge in [-0.05, 0) is 41.3 Å². The summed E-state index contributed by atoms with van der Waals surface area (Å²) in [6, 6.07) is 0.629. The second-order valence-corrected chi connectivity index (χ2v) is 4.97. The fraction of sp³-hybridized carbons (Fsp3) is 1.00. The van der Waals surface area contributed by atoms with Gasteiger partial charge in [0.1, 0.15) is 0 Å². The van der Waals surface area contributed by atoms with Crippen molar-refractivity contribution in [3.63, 3.8) is 0 Å². The minimum atomic E-state index is 0.395. The highest BCUT2D eigenvalue weighted by molar-refractivity contribution is 4.60. The van der Waals surface area contributed by atoms with E-state index in [1.807, 2.05) is 0 Å². The van der Waals surface area contributed by atoms with Gasteiger partial charge in [-0.2, -0.15) is 0 Å². The van der Waals surface area contributed by atoms with Crippen LogP contribution in [-0.4, -0.2) is 62.3 Å². The summed E-state index contributed by atoms with van der Waals surface area (Å²) in [7, 11) is 4.34. The zero-order valence-corrected chi connectivity index (χ0v) is 12.0. The van der Waals surface area contributed by atoms with Gasteiger partial charge in [-0.3, -0.25) is 0 Å². The van der Waals surface area contributed by atoms with Crippen molar-refractivity contribution in [2.45, 2.75) is 46.3 Å². The van der Waals surface area contributed by atoms with E-state index in [9.17, 15) is 0 Å². The minimum absolute atomic E-state index is 0.395. The summed E-state index contributed by atoms with van der Waals surface area (Å²) in [4.78, 5) is 4.70. The molecule has 0 amide bonds. The molecule has 0 saturated heterocycles. The topological polar surface area (TPSA) is 15.7 Å². The van der Waals surface area contributed by atoms with Gasteiger partial charge in [0.15, 0.2) is 0 Å². The van der Waals surface area contributed by atoms with Crippen molar-refractivity contribution in [2.24, 2.45) is 0 Å². The van der Waals surface area contributed by atoms with Gasteiger partial charge in [-0.15, -0.1) is 0 Å². The van der Waals surface area contributed by atoms with Gasteiger partial charge in [0.05, 0.1) is 12.7 Å². The molecule has 0 aromatic rings. The minimum Gasteiger partial charge on any atom is -0.377 e. The van der Waals surface area contributed by atoms with Crippen LogP contribution in [0.25, 0.3) is 0 Å². The number of hydrogen-bond donors (Lipinski definition) is 0. The lowest BCUT2D eigenvalue weighted by Gasteiger charge is -2.25. The Morgan fingerprint density at radius 3 is 2.12 bits per heavy atom. The molecule has 1 unspecified atom stereocenters. The molecule has 0 heterocycles. The zero-order valence-electron chi connectivity index (χ0n) is 12.0. The summed E-state index contributed by atoms with van der Waals surface area (Å²) < 4.78 is 5.66. The Morgan fingerprint density at radius 2 is 1.62 bits per heavy atom. The predicted molar refractivity (Wildman–Crippen MR) is 71.0 cm³/mol. The molecule has 0 rings (SSSR count). The summed E-state index contributed by atoms with van der Waals surface area (Å²) in [5.41, 5.74) is 0. The van der Waals surface area contributed by atoms with E-state index < -0.39 is 0 Å². The van der Waals surface area contributed by atoms with Crippen molar-refractivity contribution >= 4 is 0 Å². The number of ether oxygens (including phenoxy) is 1. The van der Waals surface area contributed by atoms with Crippen molar-refractivity contribution in [3.05, 3.63) is 0 Å². The maximum atomic E-state index is 5.66. The van der Waals surface area contributed by atoms with Gasteiger partial charge in [-0.25, -0.2) is 0 Å². The largest absolute Gasteiger partial charge is 0.377 e. The Kier molecular flexibility index (Phi) is 8.90. The third kappa shape index (κ3) is 8.08. The molecule has 0 aromatic heterocycles. The summed E-state index contributed by atoms with van der Waals surface area (Å²) in [5.74, 6) is 0. The molecule has 0 radical (unpaired) electrons. The van der Waals surface area contributed by atoms with E-state index in [2.05, 4.69) is 51.6 Å². The van der Waals surface area contributed by atoms with Crippen molar-refractivity contribution in [2.75, 3.05) is 40.3 Å². The van der Waals surface area contributed by atoms with Crippen molar-refractivity contribution in [1.82, 2.24) is 9.80 Å². The van der Waals surface area contributed by atoms with Crippen LogP contribution in [0.1, 0.15) is 34.1 Å². The number of likely N-dealkylation sites (N-methyl/N-ethyl adjacent to an activating group) is 2. The second-order valence-electron chi connectivity index (χ2n) is 4.97. The fourth-order valence-corrected chi connectivity index (χ4v) is 1.23. The lowest BCUT2D eigenvalue weighted by Crippen LogP contribution is -2.36. The molecule has 1 atom stereocenters. The van der Waals surface area contributed by atoms with E-state index >= 15 is 0 Å². The van der Waals surface area contributed by atoms with Crippen molar-refractivity contribution in [3.8, 4) is 0 Å². The monoisotopic (exact) mass is 230 g/mol. The third-order valence-electron chi connectivity index (χ3n) is 3.17. The Hall–Kier alpha value is -0.120. The second kappa shape index (κ2) is 8.97. The molecule has 0 N–H and O–H groups in total. The molecule has 0 aliphatic rings. The Bertz CT molecular complexity index is 162. The quantitative estimate of drug-likeness (QED) is 0.603. The Balaban J connectivity index is 3.48. The summed E-state index contributed by atoms with van der Waals surface area (Å²) in [5, 5.41) is 0. The number of hydrogen-bond acceptors (Lipinski definition) is 3. The van der Waals surface area contributed by atoms with Gasteiger partial charge >= 0.3 is 0 Å². The van der Waals surface area contributed by atoms with Gasteiger partial charge in [0.25, 0.3) is 0 Å². The lowest BCUT2D eigenvalue weighted by molar-refractivity contribution is 0.0490. The highest BCUT2D eigenvalue weighted by Crippen LogP contribution is 1.97. The molecule has 0 aliphatic heterocycles. The predicted octanol–water partition coefficient (Wildman–Crippen LogP) is 2.07. The molecule has 0 spiro atoms. The molecule has 0 fully saturated rings. The number of nitrogens with zero attached hydrogens (tertiary/aromatic N) is 2. The summed E-state index contributed by atoms with van der Waals surface area (Å²) >= 11 is 0. The fourth-order valence-electron chi connectivity index (χ4n) is 1.23. The van der Waals surface area contributed by atoms with Crippen LogP contribution in [0.2, 0.25) is 0 Å². The first-order valence-electron chi connectivity index (χ1n) is 6.47. The summed E-state index contributed by atoms with van der Waals surface area (Å²) in [6.45, 7) is 12.8. The van der Waals surface area contributed by atoms with Crippen LogP contribution in [0.5, 0.6) is 0 Å². The molecule has 98 valence electrons. The van der Waals surface area contributed by atoms with E-state index in [-0.39, 0.29) is 0 Å². The molecular formula is C13H30N2O. The van der Waals surface area contributed by atoms with E-state index in [1.165, 1.54) is 0 Å². The third-order valence-corrected chi connectivity index (χ3v) is 3.17. The average molecular weight is 230 g/mol. The normalized spacial score (nSPS) is 14.1. The van der Waals surface area contributed by atoms with E-state index in [0.29, 0.717) is 12.1 Å². The SMILES string of the molecule is CCC(C)OCCN(C)CCN(C)C(C)C. The first-order chi connectivity index (χ1) is 7.47. The molecule has 3 heteroatoms. The molecule has 0 bridgehead atoms. The van der Waals surface area contributed by atoms with Crippen LogP contribution in [0.3, 0.4) is 0 Å². The maximum absolute atomic E-state index is 5.66. The van der Waals surface area contributed by atoms with Crippen LogP contribution in [-0.2, 0) is 4.74 Å². The zero-order chi connectivity index (χ0) is 12.6. The highest BCUT2D eigenvalue weighted by atomic mass is 16.5. The molecular weight excluding hydrogens is 200 g/mol. The van der Waals surface area contributed by atoms with E-state index in [1.54, 1.807) is 0 Å². The van der Waals surface area contributed by atoms with Gasteiger partial charge in [0.2, 0.25) is 0 Å². The van der Waals surface area contributed by atoms with Gasteiger partial charge in [0, 0.05) is 25.7 Å². The molecule has 0 aliphatic carbocycles. The van der Waals surface area contributed by atoms with Crippen LogP contribution < -0.4 is 0 Å². The van der Waals surface area contributed by atoms with Crippen LogP contribution in [0.4, 0.5) is 0 Å². The maximum Gasteiger partial charge on any atom is 0.0596 e. The van der Waals surface area contributed by atoms with Crippen LogP contribution in [0, 0.1) is 0 Å². The molecule has 3 nitrogen and oxygen atoms in total. The van der Waals surface area contributed by atoms with Crippen LogP contribution >= 0.6 is 0 Å². The average Bonchev–Trinajstić information content (AvgIpc) is 2.25. The van der Waals surface area contributed by atoms with Gasteiger partial charge < -0.3 is 14.5 Å². The first kappa shape index (κ1) is 15.9. The number of rotatable bonds is 9. The molecule has 16 heavy (non-hydrogen) atoms. The molecule has 0 aromatic carbocycles. The summed E-state index contributed by atoms with van der Waals surface area (Å²) in [6.07, 6.45) is 1.49. The van der Waals surface area contributed by atoms with Gasteiger partial charge in [-0.1, -0.05) is 6.92 Å². The molecule has 0 saturated carbocycles. The highest BCUT2D eigenvalue weighted by Gasteiger charge is 2.05. The Labute approximate surface area is 102 Å². The van der Waals surface area contributed by atoms with Crippen molar-refractivity contribution in [1.29, 1.82) is 0 Å². The van der Waals surface area contributed by atoms with E-state index in [4.69, 9.17) is 4.74 Å². The standard InChI is InChI=1S/C13H30N2O/c1-7-13(4)16-11-10-14(5)8-9-15(6)12(2)3/h12-13H,7-11H2,1-6H3. The first-order valence-corrected chi connectivity index (χ1v) is 6.47. The van der Waals surface area contributed by atoms with E-state index in [0.717, 1.165) is 32.7 Å². The smallest absolute Gasteiger partial charge is 0.0596 e. The lowest BCUT2D eigenvalue weighted by atomic mass is 10.3.